The Morgan fingerprint density at radius 3 is 2.20 bits per heavy atom. The molecule has 3 aromatic rings. The molecule has 9 nitrogen and oxygen atoms in total. The van der Waals surface area contributed by atoms with E-state index in [2.05, 4.69) is 27.6 Å². The predicted molar refractivity (Wildman–Crippen MR) is 168 cm³/mol. The molecule has 3 aromatic carbocycles. The standard InChI is InChI=1S/C35H42N4O5/c1-22-20-24(16-19-28(22)27-17-14-25(21-36)15-18-27)10-9-13-29(30(40)34(43)44-37)32(41)39-31(35(3,4)5)33(42)38-23(2)26-11-7-6-8-12-26/h6-8,11-12,14-20,23,29-31,40H,9-10,13,37H2,1-5H3,(H,38,42)(H,39,41)/t23-,29-,30+,31-/m1/s1. The summed E-state index contributed by atoms with van der Waals surface area (Å²) in [6.07, 6.45) is -0.592. The summed E-state index contributed by atoms with van der Waals surface area (Å²) in [5.74, 6) is 1.70. The number of aliphatic hydroxyl groups excluding tert-OH is 1. The van der Waals surface area contributed by atoms with Gasteiger partial charge in [-0.1, -0.05) is 81.4 Å². The Kier molecular flexibility index (Phi) is 11.8. The van der Waals surface area contributed by atoms with Crippen molar-refractivity contribution >= 4 is 17.8 Å². The fraction of sp³-hybridized carbons (Fsp3) is 0.371. The molecule has 0 radical (unpaired) electrons. The number of benzene rings is 3. The van der Waals surface area contributed by atoms with Crippen LogP contribution in [0, 0.1) is 29.6 Å². The highest BCUT2D eigenvalue weighted by Crippen LogP contribution is 2.27. The van der Waals surface area contributed by atoms with Crippen molar-refractivity contribution in [1.29, 1.82) is 5.26 Å². The summed E-state index contributed by atoms with van der Waals surface area (Å²) in [5.41, 5.74) is 4.97. The number of nitrogens with one attached hydrogen (secondary N) is 2. The maximum Gasteiger partial charge on any atom is 0.354 e. The SMILES string of the molecule is Cc1cc(CCC[C@@H](C(=O)N[C@H](C(=O)N[C@H](C)c2ccccc2)C(C)(C)C)[C@H](O)C(=O)ON)ccc1-c1ccc(C#N)cc1. The number of carbonyl (C=O) groups is 3. The number of hydrogen-bond acceptors (Lipinski definition) is 7. The molecule has 0 aliphatic rings. The number of nitrogens with two attached hydrogens (primary N) is 1. The average molecular weight is 599 g/mol. The lowest BCUT2D eigenvalue weighted by Crippen LogP contribution is -2.56. The zero-order valence-corrected chi connectivity index (χ0v) is 26.0. The summed E-state index contributed by atoms with van der Waals surface area (Å²) in [5, 5.41) is 25.5. The Morgan fingerprint density at radius 1 is 0.977 bits per heavy atom. The number of hydrogen-bond donors (Lipinski definition) is 4. The van der Waals surface area contributed by atoms with Crippen LogP contribution in [0.3, 0.4) is 0 Å². The van der Waals surface area contributed by atoms with Gasteiger partial charge >= 0.3 is 5.97 Å². The summed E-state index contributed by atoms with van der Waals surface area (Å²) in [6, 6.07) is 23.8. The third-order valence-electron chi connectivity index (χ3n) is 7.75. The van der Waals surface area contributed by atoms with Crippen LogP contribution in [0.5, 0.6) is 0 Å². The number of nitrogens with zero attached hydrogens (tertiary/aromatic N) is 1. The Labute approximate surface area is 259 Å². The molecule has 0 aliphatic carbocycles. The molecule has 4 atom stereocenters. The van der Waals surface area contributed by atoms with E-state index in [-0.39, 0.29) is 18.4 Å². The molecule has 0 saturated heterocycles. The van der Waals surface area contributed by atoms with Gasteiger partial charge in [0, 0.05) is 0 Å². The van der Waals surface area contributed by atoms with E-state index in [1.165, 1.54) is 0 Å². The molecular weight excluding hydrogens is 556 g/mol. The molecule has 0 bridgehead atoms. The van der Waals surface area contributed by atoms with Gasteiger partial charge in [-0.25, -0.2) is 4.79 Å². The third-order valence-corrected chi connectivity index (χ3v) is 7.75. The van der Waals surface area contributed by atoms with Crippen LogP contribution in [0.1, 0.15) is 68.8 Å². The van der Waals surface area contributed by atoms with Gasteiger partial charge in [0.25, 0.3) is 0 Å². The molecule has 3 rings (SSSR count). The highest BCUT2D eigenvalue weighted by molar-refractivity contribution is 5.91. The first-order valence-electron chi connectivity index (χ1n) is 14.7. The summed E-state index contributed by atoms with van der Waals surface area (Å²) in [6.45, 7) is 9.35. The quantitative estimate of drug-likeness (QED) is 0.221. The van der Waals surface area contributed by atoms with Crippen LogP contribution in [0.2, 0.25) is 0 Å². The lowest BCUT2D eigenvalue weighted by atomic mass is 9.84. The van der Waals surface area contributed by atoms with Crippen LogP contribution in [0.15, 0.2) is 72.8 Å². The molecule has 44 heavy (non-hydrogen) atoms. The molecule has 0 saturated carbocycles. The smallest absolute Gasteiger partial charge is 0.354 e. The van der Waals surface area contributed by atoms with Crippen molar-refractivity contribution in [2.45, 2.75) is 72.1 Å². The van der Waals surface area contributed by atoms with Crippen LogP contribution in [-0.4, -0.2) is 35.0 Å². The normalized spacial score (nSPS) is 14.0. The summed E-state index contributed by atoms with van der Waals surface area (Å²) in [4.78, 5) is 43.4. The zero-order chi connectivity index (χ0) is 32.4. The van der Waals surface area contributed by atoms with E-state index >= 15 is 0 Å². The fourth-order valence-corrected chi connectivity index (χ4v) is 5.17. The van der Waals surface area contributed by atoms with Gasteiger partial charge in [-0.2, -0.15) is 11.2 Å². The van der Waals surface area contributed by atoms with Crippen molar-refractivity contribution in [3.8, 4) is 17.2 Å². The van der Waals surface area contributed by atoms with Crippen molar-refractivity contribution < 1.29 is 24.3 Å². The van der Waals surface area contributed by atoms with E-state index in [4.69, 9.17) is 11.2 Å². The van der Waals surface area contributed by atoms with Crippen molar-refractivity contribution in [3.05, 3.63) is 95.1 Å². The van der Waals surface area contributed by atoms with Gasteiger partial charge in [0.2, 0.25) is 11.8 Å². The molecule has 0 spiro atoms. The highest BCUT2D eigenvalue weighted by atomic mass is 16.7. The summed E-state index contributed by atoms with van der Waals surface area (Å²) >= 11 is 0. The molecule has 5 N–H and O–H groups in total. The second-order valence-corrected chi connectivity index (χ2v) is 12.2. The Hall–Kier alpha value is -4.52. The molecule has 0 aliphatic heterocycles. The van der Waals surface area contributed by atoms with Gasteiger partial charge in [-0.15, -0.1) is 0 Å². The maximum atomic E-state index is 13.5. The van der Waals surface area contributed by atoms with Gasteiger partial charge in [-0.05, 0) is 78.5 Å². The first-order valence-corrected chi connectivity index (χ1v) is 14.7. The lowest BCUT2D eigenvalue weighted by molar-refractivity contribution is -0.160. The largest absolute Gasteiger partial charge is 0.381 e. The predicted octanol–water partition coefficient (Wildman–Crippen LogP) is 4.66. The Morgan fingerprint density at radius 2 is 1.64 bits per heavy atom. The molecule has 0 heterocycles. The Bertz CT molecular complexity index is 1480. The number of aryl methyl sites for hydroxylation is 2. The van der Waals surface area contributed by atoms with Gasteiger partial charge in [0.05, 0.1) is 23.6 Å². The van der Waals surface area contributed by atoms with Crippen LogP contribution >= 0.6 is 0 Å². The van der Waals surface area contributed by atoms with E-state index in [0.717, 1.165) is 27.8 Å². The van der Waals surface area contributed by atoms with Crippen LogP contribution < -0.4 is 16.5 Å². The van der Waals surface area contributed by atoms with Gasteiger partial charge in [-0.3, -0.25) is 9.59 Å². The molecule has 0 aromatic heterocycles. The first-order chi connectivity index (χ1) is 20.8. The molecule has 0 unspecified atom stereocenters. The van der Waals surface area contributed by atoms with Gasteiger partial charge in [0.15, 0.2) is 6.10 Å². The van der Waals surface area contributed by atoms with E-state index < -0.39 is 35.4 Å². The van der Waals surface area contributed by atoms with Crippen molar-refractivity contribution in [2.24, 2.45) is 17.2 Å². The summed E-state index contributed by atoms with van der Waals surface area (Å²) in [7, 11) is 0. The minimum absolute atomic E-state index is 0.150. The number of amides is 2. The molecule has 2 amide bonds. The molecule has 0 fully saturated rings. The molecule has 9 heteroatoms. The number of carbonyl (C=O) groups excluding carboxylic acids is 3. The number of rotatable bonds is 12. The fourth-order valence-electron chi connectivity index (χ4n) is 5.17. The topological polar surface area (TPSA) is 155 Å². The van der Waals surface area contributed by atoms with Crippen LogP contribution in [0.4, 0.5) is 0 Å². The van der Waals surface area contributed by atoms with Crippen LogP contribution in [-0.2, 0) is 25.6 Å². The number of nitriles is 1. The molecular formula is C35H42N4O5. The van der Waals surface area contributed by atoms with E-state index in [9.17, 15) is 19.5 Å². The highest BCUT2D eigenvalue weighted by Gasteiger charge is 2.38. The van der Waals surface area contributed by atoms with Crippen molar-refractivity contribution in [3.63, 3.8) is 0 Å². The van der Waals surface area contributed by atoms with Gasteiger partial charge < -0.3 is 20.6 Å². The number of aliphatic hydroxyl groups is 1. The van der Waals surface area contributed by atoms with Crippen LogP contribution in [0.25, 0.3) is 11.1 Å². The van der Waals surface area contributed by atoms with E-state index in [1.807, 2.05) is 89.2 Å². The van der Waals surface area contributed by atoms with E-state index in [0.29, 0.717) is 18.4 Å². The maximum absolute atomic E-state index is 13.5. The lowest BCUT2D eigenvalue weighted by Gasteiger charge is -2.33. The second kappa shape index (κ2) is 15.3. The zero-order valence-electron chi connectivity index (χ0n) is 26.0. The molecule has 232 valence electrons. The first kappa shape index (κ1) is 34.0. The Balaban J connectivity index is 1.72. The van der Waals surface area contributed by atoms with Gasteiger partial charge in [0.1, 0.15) is 6.04 Å². The van der Waals surface area contributed by atoms with E-state index in [1.54, 1.807) is 12.1 Å². The average Bonchev–Trinajstić information content (AvgIpc) is 3.01. The third kappa shape index (κ3) is 8.99. The minimum atomic E-state index is -1.80. The van der Waals surface area contributed by atoms with Crippen molar-refractivity contribution in [2.75, 3.05) is 0 Å². The second-order valence-electron chi connectivity index (χ2n) is 12.2. The monoisotopic (exact) mass is 598 g/mol. The van der Waals surface area contributed by atoms with Crippen molar-refractivity contribution in [1.82, 2.24) is 10.6 Å². The minimum Gasteiger partial charge on any atom is -0.381 e. The summed E-state index contributed by atoms with van der Waals surface area (Å²) < 4.78 is 0.